The summed E-state index contributed by atoms with van der Waals surface area (Å²) >= 11 is 6.16. The van der Waals surface area contributed by atoms with E-state index in [0.29, 0.717) is 27.4 Å². The third-order valence-corrected chi connectivity index (χ3v) is 8.76. The van der Waals surface area contributed by atoms with Gasteiger partial charge in [0.15, 0.2) is 11.6 Å². The van der Waals surface area contributed by atoms with E-state index in [1.807, 2.05) is 66.4 Å². The fourth-order valence-corrected chi connectivity index (χ4v) is 6.99. The summed E-state index contributed by atoms with van der Waals surface area (Å²) in [6, 6.07) is 23.8. The largest absolute Gasteiger partial charge is 0.352 e. The third kappa shape index (κ3) is 3.29. The van der Waals surface area contributed by atoms with E-state index in [4.69, 9.17) is 11.6 Å². The van der Waals surface area contributed by atoms with Gasteiger partial charge in [0.25, 0.3) is 0 Å². The first-order valence-electron chi connectivity index (χ1n) is 13.1. The van der Waals surface area contributed by atoms with Gasteiger partial charge in [-0.3, -0.25) is 19.4 Å². The first kappa shape index (κ1) is 24.5. The van der Waals surface area contributed by atoms with E-state index in [9.17, 15) is 14.4 Å². The number of allylic oxidation sites excluding steroid dienone is 1. The lowest BCUT2D eigenvalue weighted by atomic mass is 9.64. The zero-order valence-electron chi connectivity index (χ0n) is 21.5. The first-order valence-corrected chi connectivity index (χ1v) is 13.5. The zero-order valence-corrected chi connectivity index (χ0v) is 22.3. The number of nitrogens with zero attached hydrogens (tertiary/aromatic N) is 2. The van der Waals surface area contributed by atoms with Crippen molar-refractivity contribution in [3.63, 3.8) is 0 Å². The molecule has 3 aromatic carbocycles. The van der Waals surface area contributed by atoms with Gasteiger partial charge in [-0.15, -0.1) is 0 Å². The van der Waals surface area contributed by atoms with Crippen molar-refractivity contribution in [3.05, 3.63) is 131 Å². The molecule has 4 heterocycles. The van der Waals surface area contributed by atoms with E-state index in [0.717, 1.165) is 16.8 Å². The number of carbonyl (C=O) groups excluding carboxylic acids is 3. The van der Waals surface area contributed by atoms with E-state index in [1.54, 1.807) is 42.6 Å². The Morgan fingerprint density at radius 3 is 2.42 bits per heavy atom. The summed E-state index contributed by atoms with van der Waals surface area (Å²) in [7, 11) is 0. The summed E-state index contributed by atoms with van der Waals surface area (Å²) in [5.74, 6) is -1.88. The number of nitrogens with one attached hydrogen (secondary N) is 1. The fraction of sp³-hybridized carbons (Fsp3) is 0.152. The molecule has 6 nitrogen and oxygen atoms in total. The smallest absolute Gasteiger partial charge is 0.238 e. The van der Waals surface area contributed by atoms with Crippen LogP contribution >= 0.6 is 11.6 Å². The topological polar surface area (TPSA) is 79.4 Å². The number of anilines is 2. The number of rotatable bonds is 4. The predicted molar refractivity (Wildman–Crippen MR) is 155 cm³/mol. The molecule has 0 aliphatic carbocycles. The Bertz CT molecular complexity index is 1730. The molecule has 7 heteroatoms. The van der Waals surface area contributed by atoms with Crippen LogP contribution in [0.15, 0.2) is 103 Å². The molecule has 4 atom stereocenters. The highest BCUT2D eigenvalue weighted by Crippen LogP contribution is 2.58. The van der Waals surface area contributed by atoms with Crippen LogP contribution in [0.2, 0.25) is 5.02 Å². The number of amides is 1. The Morgan fingerprint density at radius 2 is 1.65 bits per heavy atom. The quantitative estimate of drug-likeness (QED) is 0.319. The van der Waals surface area contributed by atoms with Crippen LogP contribution in [0.1, 0.15) is 38.8 Å². The summed E-state index contributed by atoms with van der Waals surface area (Å²) in [4.78, 5) is 49.8. The molecule has 3 aliphatic heterocycles. The average molecular weight is 546 g/mol. The molecule has 40 heavy (non-hydrogen) atoms. The van der Waals surface area contributed by atoms with Crippen molar-refractivity contribution >= 4 is 46.0 Å². The van der Waals surface area contributed by atoms with Gasteiger partial charge in [0, 0.05) is 45.5 Å². The highest BCUT2D eigenvalue weighted by Gasteiger charge is 2.70. The van der Waals surface area contributed by atoms with Gasteiger partial charge < -0.3 is 10.2 Å². The van der Waals surface area contributed by atoms with Crippen molar-refractivity contribution in [2.24, 2.45) is 5.92 Å². The van der Waals surface area contributed by atoms with Gasteiger partial charge in [0.2, 0.25) is 5.91 Å². The lowest BCUT2D eigenvalue weighted by molar-refractivity contribution is -0.121. The molecule has 1 spiro atoms. The van der Waals surface area contributed by atoms with Crippen LogP contribution in [0.25, 0.3) is 5.57 Å². The van der Waals surface area contributed by atoms with Gasteiger partial charge in [-0.05, 0) is 66.6 Å². The van der Waals surface area contributed by atoms with Crippen LogP contribution in [0.3, 0.4) is 0 Å². The molecule has 1 aromatic heterocycles. The van der Waals surface area contributed by atoms with Crippen LogP contribution in [0, 0.1) is 5.92 Å². The van der Waals surface area contributed by atoms with Crippen molar-refractivity contribution in [2.45, 2.75) is 24.4 Å². The second-order valence-corrected chi connectivity index (χ2v) is 10.9. The zero-order chi connectivity index (χ0) is 27.6. The van der Waals surface area contributed by atoms with E-state index in [-0.39, 0.29) is 17.5 Å². The first-order chi connectivity index (χ1) is 19.4. The Hall–Kier alpha value is -4.55. The van der Waals surface area contributed by atoms with Crippen molar-refractivity contribution in [2.75, 3.05) is 10.2 Å². The minimum absolute atomic E-state index is 0.249. The predicted octanol–water partition coefficient (Wildman–Crippen LogP) is 5.98. The molecule has 0 unspecified atom stereocenters. The second kappa shape index (κ2) is 9.00. The SMILES string of the molecule is CC1=C[C@@H]2N(c3ccccc31)[C@H](C(=O)c1ccc(Cl)cc1)[C@@H](C(=O)c1cccnc1)[C@]21C(=O)Nc2ccccc21. The number of aromatic nitrogens is 1. The molecule has 1 N–H and O–H groups in total. The van der Waals surface area contributed by atoms with Crippen LogP contribution in [-0.2, 0) is 10.2 Å². The Kier molecular flexibility index (Phi) is 5.51. The summed E-state index contributed by atoms with van der Waals surface area (Å²) in [6.45, 7) is 2.01. The molecule has 3 aliphatic rings. The number of para-hydroxylation sites is 2. The third-order valence-electron chi connectivity index (χ3n) is 8.51. The average Bonchev–Trinajstić information content (AvgIpc) is 3.45. The monoisotopic (exact) mass is 545 g/mol. The number of fused-ring (bicyclic) bond motifs is 6. The molecule has 1 amide bonds. The summed E-state index contributed by atoms with van der Waals surface area (Å²) in [5.41, 5.74) is 3.55. The molecular weight excluding hydrogens is 522 g/mol. The van der Waals surface area contributed by atoms with E-state index in [1.165, 1.54) is 6.20 Å². The van der Waals surface area contributed by atoms with Gasteiger partial charge in [-0.25, -0.2) is 0 Å². The lowest BCUT2D eigenvalue weighted by Gasteiger charge is -2.39. The molecule has 0 radical (unpaired) electrons. The molecule has 0 bridgehead atoms. The number of hydrogen-bond donors (Lipinski definition) is 1. The maximum Gasteiger partial charge on any atom is 0.238 e. The van der Waals surface area contributed by atoms with Gasteiger partial charge in [0.1, 0.15) is 11.5 Å². The van der Waals surface area contributed by atoms with Gasteiger partial charge >= 0.3 is 0 Å². The van der Waals surface area contributed by atoms with Crippen LogP contribution in [0.4, 0.5) is 11.4 Å². The van der Waals surface area contributed by atoms with Crippen molar-refractivity contribution in [1.29, 1.82) is 0 Å². The number of hydrogen-bond acceptors (Lipinski definition) is 5. The molecule has 7 rings (SSSR count). The Balaban J connectivity index is 1.56. The van der Waals surface area contributed by atoms with Gasteiger partial charge in [-0.1, -0.05) is 54.1 Å². The molecule has 1 saturated heterocycles. The van der Waals surface area contributed by atoms with E-state index in [2.05, 4.69) is 10.3 Å². The van der Waals surface area contributed by atoms with Crippen molar-refractivity contribution < 1.29 is 14.4 Å². The van der Waals surface area contributed by atoms with Gasteiger partial charge in [0.05, 0.1) is 12.0 Å². The fourth-order valence-electron chi connectivity index (χ4n) is 6.86. The number of benzene rings is 3. The molecule has 4 aromatic rings. The van der Waals surface area contributed by atoms with Crippen LogP contribution in [-0.4, -0.2) is 34.5 Å². The minimum atomic E-state index is -1.36. The van der Waals surface area contributed by atoms with Crippen molar-refractivity contribution in [3.8, 4) is 0 Å². The second-order valence-electron chi connectivity index (χ2n) is 10.5. The maximum absolute atomic E-state index is 14.7. The van der Waals surface area contributed by atoms with E-state index < -0.39 is 23.4 Å². The lowest BCUT2D eigenvalue weighted by Crippen LogP contribution is -2.51. The van der Waals surface area contributed by atoms with Crippen LogP contribution in [0.5, 0.6) is 0 Å². The summed E-state index contributed by atoms with van der Waals surface area (Å²) in [5, 5.41) is 3.56. The number of Topliss-reactive ketones (excluding diaryl/α,β-unsaturated/α-hetero) is 2. The number of ketones is 2. The van der Waals surface area contributed by atoms with E-state index >= 15 is 0 Å². The maximum atomic E-state index is 14.7. The Morgan fingerprint density at radius 1 is 0.900 bits per heavy atom. The highest BCUT2D eigenvalue weighted by molar-refractivity contribution is 6.30. The number of halogens is 1. The number of carbonyl (C=O) groups is 3. The Labute approximate surface area is 236 Å². The molecule has 196 valence electrons. The highest BCUT2D eigenvalue weighted by atomic mass is 35.5. The molecule has 0 saturated carbocycles. The normalized spacial score (nSPS) is 24.1. The molecule has 1 fully saturated rings. The van der Waals surface area contributed by atoms with Crippen molar-refractivity contribution in [1.82, 2.24) is 4.98 Å². The summed E-state index contributed by atoms with van der Waals surface area (Å²) < 4.78 is 0. The van der Waals surface area contributed by atoms with Gasteiger partial charge in [-0.2, -0.15) is 0 Å². The standard InChI is InChI=1S/C33H24ClN3O3/c1-19-17-27-33(24-9-3-4-10-25(24)36-32(33)40)28(30(38)21-7-6-16-35-18-21)29(31(39)20-12-14-22(34)15-13-20)37(27)26-11-5-2-8-23(19)26/h2-18,27-29H,1H3,(H,36,40)/t27-,28-,29-,33+/m0/s1. The molecular formula is C33H24ClN3O3. The summed E-state index contributed by atoms with van der Waals surface area (Å²) in [6.07, 6.45) is 5.15. The minimum Gasteiger partial charge on any atom is -0.352 e. The number of pyridine rings is 1. The van der Waals surface area contributed by atoms with Crippen LogP contribution < -0.4 is 10.2 Å².